The van der Waals surface area contributed by atoms with Crippen LogP contribution in [0.25, 0.3) is 0 Å². The zero-order valence-electron chi connectivity index (χ0n) is 14.6. The van der Waals surface area contributed by atoms with E-state index in [0.717, 1.165) is 36.0 Å². The molecule has 0 aliphatic carbocycles. The fraction of sp³-hybridized carbons (Fsp3) is 0.400. The highest BCUT2D eigenvalue weighted by Crippen LogP contribution is 2.21. The minimum Gasteiger partial charge on any atom is -0.478 e. The highest BCUT2D eigenvalue weighted by atomic mass is 16.4. The molecule has 0 spiro atoms. The molecule has 1 fully saturated rings. The van der Waals surface area contributed by atoms with Gasteiger partial charge in [-0.25, -0.2) is 9.78 Å². The summed E-state index contributed by atoms with van der Waals surface area (Å²) in [5.41, 5.74) is 2.41. The standard InChI is InChI=1S/C20H25N3O2/c1-15-7-9-23(10-8-15)19-6-5-17(14-22-19)13-21-12-16-3-2-4-18(11-16)20(24)25/h2-6,11,14-15,21H,7-10,12-13H2,1H3,(H,24,25). The Bertz CT molecular complexity index is 707. The Morgan fingerprint density at radius 2 is 1.96 bits per heavy atom. The van der Waals surface area contributed by atoms with Gasteiger partial charge in [-0.2, -0.15) is 0 Å². The fourth-order valence-corrected chi connectivity index (χ4v) is 3.11. The lowest BCUT2D eigenvalue weighted by atomic mass is 9.99. The van der Waals surface area contributed by atoms with Crippen molar-refractivity contribution in [1.29, 1.82) is 0 Å². The van der Waals surface area contributed by atoms with E-state index in [4.69, 9.17) is 5.11 Å². The number of hydrogen-bond donors (Lipinski definition) is 2. The predicted molar refractivity (Wildman–Crippen MR) is 98.8 cm³/mol. The summed E-state index contributed by atoms with van der Waals surface area (Å²) in [5.74, 6) is 0.984. The number of benzene rings is 1. The monoisotopic (exact) mass is 339 g/mol. The molecule has 0 unspecified atom stereocenters. The summed E-state index contributed by atoms with van der Waals surface area (Å²) >= 11 is 0. The molecule has 2 aromatic rings. The molecule has 0 atom stereocenters. The van der Waals surface area contributed by atoms with Crippen LogP contribution in [-0.4, -0.2) is 29.1 Å². The van der Waals surface area contributed by atoms with E-state index in [9.17, 15) is 4.79 Å². The molecule has 1 aliphatic heterocycles. The van der Waals surface area contributed by atoms with Gasteiger partial charge in [0.1, 0.15) is 5.82 Å². The van der Waals surface area contributed by atoms with Gasteiger partial charge in [0.05, 0.1) is 5.56 Å². The second-order valence-corrected chi connectivity index (χ2v) is 6.80. The molecule has 2 heterocycles. The molecule has 5 nitrogen and oxygen atoms in total. The van der Waals surface area contributed by atoms with Crippen LogP contribution in [0.4, 0.5) is 5.82 Å². The third kappa shape index (κ3) is 4.79. The van der Waals surface area contributed by atoms with Crippen LogP contribution in [0.1, 0.15) is 41.3 Å². The second kappa shape index (κ2) is 8.12. The van der Waals surface area contributed by atoms with Crippen LogP contribution in [0.15, 0.2) is 42.6 Å². The molecular formula is C20H25N3O2. The first-order chi connectivity index (χ1) is 12.1. The van der Waals surface area contributed by atoms with Gasteiger partial charge in [0.2, 0.25) is 0 Å². The number of rotatable bonds is 6. The van der Waals surface area contributed by atoms with E-state index in [1.165, 1.54) is 12.8 Å². The number of hydrogen-bond acceptors (Lipinski definition) is 4. The van der Waals surface area contributed by atoms with Gasteiger partial charge < -0.3 is 15.3 Å². The van der Waals surface area contributed by atoms with Crippen molar-refractivity contribution in [1.82, 2.24) is 10.3 Å². The van der Waals surface area contributed by atoms with Gasteiger partial charge in [-0.3, -0.25) is 0 Å². The predicted octanol–water partition coefficient (Wildman–Crippen LogP) is 3.31. The van der Waals surface area contributed by atoms with Crippen molar-refractivity contribution in [3.05, 3.63) is 59.3 Å². The SMILES string of the molecule is CC1CCN(c2ccc(CNCc3cccc(C(=O)O)c3)cn2)CC1. The number of nitrogens with zero attached hydrogens (tertiary/aromatic N) is 2. The van der Waals surface area contributed by atoms with Crippen molar-refractivity contribution < 1.29 is 9.90 Å². The Hall–Kier alpha value is -2.40. The molecule has 132 valence electrons. The molecule has 0 amide bonds. The summed E-state index contributed by atoms with van der Waals surface area (Å²) in [7, 11) is 0. The quantitative estimate of drug-likeness (QED) is 0.845. The Kier molecular flexibility index (Phi) is 5.66. The number of nitrogens with one attached hydrogen (secondary N) is 1. The van der Waals surface area contributed by atoms with Crippen LogP contribution in [0.2, 0.25) is 0 Å². The summed E-state index contributed by atoms with van der Waals surface area (Å²) in [6.07, 6.45) is 4.40. The average Bonchev–Trinajstić information content (AvgIpc) is 2.63. The molecule has 1 aromatic heterocycles. The number of carboxylic acid groups (broad SMARTS) is 1. The van der Waals surface area contributed by atoms with Crippen LogP contribution in [0.3, 0.4) is 0 Å². The maximum absolute atomic E-state index is 11.0. The Morgan fingerprint density at radius 3 is 2.64 bits per heavy atom. The van der Waals surface area contributed by atoms with Crippen LogP contribution in [0, 0.1) is 5.92 Å². The zero-order chi connectivity index (χ0) is 17.6. The van der Waals surface area contributed by atoms with Crippen LogP contribution >= 0.6 is 0 Å². The summed E-state index contributed by atoms with van der Waals surface area (Å²) in [4.78, 5) is 18.0. The van der Waals surface area contributed by atoms with Gasteiger partial charge in [-0.05, 0) is 48.1 Å². The minimum atomic E-state index is -0.895. The van der Waals surface area contributed by atoms with E-state index in [-0.39, 0.29) is 0 Å². The molecule has 5 heteroatoms. The van der Waals surface area contributed by atoms with Crippen molar-refractivity contribution in [3.63, 3.8) is 0 Å². The Morgan fingerprint density at radius 1 is 1.20 bits per heavy atom. The molecule has 1 aliphatic rings. The van der Waals surface area contributed by atoms with E-state index in [2.05, 4.69) is 34.3 Å². The van der Waals surface area contributed by atoms with Crippen molar-refractivity contribution in [3.8, 4) is 0 Å². The van der Waals surface area contributed by atoms with Gasteiger partial charge in [-0.15, -0.1) is 0 Å². The maximum atomic E-state index is 11.0. The van der Waals surface area contributed by atoms with E-state index in [0.29, 0.717) is 18.7 Å². The molecule has 0 radical (unpaired) electrons. The highest BCUT2D eigenvalue weighted by Gasteiger charge is 2.16. The molecule has 3 rings (SSSR count). The summed E-state index contributed by atoms with van der Waals surface area (Å²) in [6, 6.07) is 11.2. The van der Waals surface area contributed by atoms with Crippen molar-refractivity contribution >= 4 is 11.8 Å². The van der Waals surface area contributed by atoms with E-state index < -0.39 is 5.97 Å². The third-order valence-corrected chi connectivity index (χ3v) is 4.75. The molecular weight excluding hydrogens is 314 g/mol. The van der Waals surface area contributed by atoms with Gasteiger partial charge in [-0.1, -0.05) is 25.1 Å². The summed E-state index contributed by atoms with van der Waals surface area (Å²) in [5, 5.41) is 12.4. The smallest absolute Gasteiger partial charge is 0.335 e. The van der Waals surface area contributed by atoms with E-state index in [1.807, 2.05) is 12.3 Å². The van der Waals surface area contributed by atoms with Crippen molar-refractivity contribution in [2.24, 2.45) is 5.92 Å². The molecule has 2 N–H and O–H groups in total. The van der Waals surface area contributed by atoms with Gasteiger partial charge in [0.25, 0.3) is 0 Å². The summed E-state index contributed by atoms with van der Waals surface area (Å²) < 4.78 is 0. The number of carboxylic acids is 1. The van der Waals surface area contributed by atoms with Crippen LogP contribution in [-0.2, 0) is 13.1 Å². The lowest BCUT2D eigenvalue weighted by Gasteiger charge is -2.31. The van der Waals surface area contributed by atoms with E-state index >= 15 is 0 Å². The highest BCUT2D eigenvalue weighted by molar-refractivity contribution is 5.87. The normalized spacial score (nSPS) is 15.3. The number of aromatic carboxylic acids is 1. The van der Waals surface area contributed by atoms with E-state index in [1.54, 1.807) is 18.2 Å². The first-order valence-electron chi connectivity index (χ1n) is 8.84. The second-order valence-electron chi connectivity index (χ2n) is 6.80. The number of carbonyl (C=O) groups is 1. The first-order valence-corrected chi connectivity index (χ1v) is 8.84. The Labute approximate surface area is 148 Å². The largest absolute Gasteiger partial charge is 0.478 e. The first kappa shape index (κ1) is 17.4. The molecule has 25 heavy (non-hydrogen) atoms. The number of piperidine rings is 1. The molecule has 1 aromatic carbocycles. The fourth-order valence-electron chi connectivity index (χ4n) is 3.11. The lowest BCUT2D eigenvalue weighted by Crippen LogP contribution is -2.33. The number of aromatic nitrogens is 1. The third-order valence-electron chi connectivity index (χ3n) is 4.75. The van der Waals surface area contributed by atoms with Gasteiger partial charge in [0.15, 0.2) is 0 Å². The van der Waals surface area contributed by atoms with Crippen molar-refractivity contribution in [2.75, 3.05) is 18.0 Å². The summed E-state index contributed by atoms with van der Waals surface area (Å²) in [6.45, 7) is 5.83. The van der Waals surface area contributed by atoms with Crippen LogP contribution < -0.4 is 10.2 Å². The number of pyridine rings is 1. The average molecular weight is 339 g/mol. The van der Waals surface area contributed by atoms with Crippen molar-refractivity contribution in [2.45, 2.75) is 32.9 Å². The van der Waals surface area contributed by atoms with Gasteiger partial charge in [0, 0.05) is 32.4 Å². The van der Waals surface area contributed by atoms with Gasteiger partial charge >= 0.3 is 5.97 Å². The Balaban J connectivity index is 1.50. The maximum Gasteiger partial charge on any atom is 0.335 e. The molecule has 0 bridgehead atoms. The topological polar surface area (TPSA) is 65.5 Å². The zero-order valence-corrected chi connectivity index (χ0v) is 14.6. The van der Waals surface area contributed by atoms with Crippen LogP contribution in [0.5, 0.6) is 0 Å². The molecule has 0 saturated carbocycles. The number of anilines is 1. The lowest BCUT2D eigenvalue weighted by molar-refractivity contribution is 0.0696. The molecule has 1 saturated heterocycles. The minimum absolute atomic E-state index is 0.321.